The topological polar surface area (TPSA) is 98.8 Å². The normalized spacial score (nSPS) is 17.4. The number of rotatable bonds is 16. The van der Waals surface area contributed by atoms with Gasteiger partial charge in [-0.05, 0) is 114 Å². The van der Waals surface area contributed by atoms with E-state index in [0.29, 0.717) is 37.9 Å². The Morgan fingerprint density at radius 2 is 1.17 bits per heavy atom. The zero-order valence-electron chi connectivity index (χ0n) is 30.7. The van der Waals surface area contributed by atoms with Gasteiger partial charge < -0.3 is 33.2 Å². The maximum atomic E-state index is 14.8. The second-order valence-electron chi connectivity index (χ2n) is 14.6. The van der Waals surface area contributed by atoms with E-state index in [9.17, 15) is 18.4 Å². The molecule has 1 unspecified atom stereocenters. The number of hydrogen-bond donors (Lipinski definition) is 0. The molecule has 1 atom stereocenters. The number of esters is 2. The van der Waals surface area contributed by atoms with Crippen LogP contribution in [0.25, 0.3) is 11.1 Å². The second-order valence-corrected chi connectivity index (χ2v) is 14.6. The third kappa shape index (κ3) is 7.85. The van der Waals surface area contributed by atoms with Crippen molar-refractivity contribution in [1.29, 1.82) is 0 Å². The lowest BCUT2D eigenvalue weighted by Gasteiger charge is -2.40. The van der Waals surface area contributed by atoms with Crippen LogP contribution in [0.2, 0.25) is 0 Å². The van der Waals surface area contributed by atoms with Crippen molar-refractivity contribution in [2.75, 3.05) is 40.0 Å². The first-order chi connectivity index (χ1) is 26.1. The minimum Gasteiger partial charge on any atom is -0.464 e. The molecule has 1 heterocycles. The van der Waals surface area contributed by atoms with Gasteiger partial charge in [0.15, 0.2) is 36.7 Å². The van der Waals surface area contributed by atoms with Crippen LogP contribution in [-0.4, -0.2) is 52.0 Å². The summed E-state index contributed by atoms with van der Waals surface area (Å²) in [5.41, 5.74) is 3.97. The van der Waals surface area contributed by atoms with Gasteiger partial charge in [-0.1, -0.05) is 39.3 Å². The number of benzene rings is 4. The molecule has 0 radical (unpaired) electrons. The zero-order valence-corrected chi connectivity index (χ0v) is 30.7. The van der Waals surface area contributed by atoms with Crippen molar-refractivity contribution in [1.82, 2.24) is 0 Å². The van der Waals surface area contributed by atoms with Gasteiger partial charge in [0.25, 0.3) is 0 Å². The second kappa shape index (κ2) is 15.9. The molecule has 284 valence electrons. The van der Waals surface area contributed by atoms with E-state index in [2.05, 4.69) is 13.8 Å². The Hall–Kier alpha value is -4.84. The summed E-state index contributed by atoms with van der Waals surface area (Å²) in [6.45, 7) is 8.33. The van der Waals surface area contributed by atoms with Gasteiger partial charge in [0.05, 0.1) is 37.6 Å². The molecule has 0 spiro atoms. The van der Waals surface area contributed by atoms with Crippen molar-refractivity contribution in [3.8, 4) is 34.1 Å². The SMILES string of the molecule is CCC1(COCOc2ccc(C(=O)Oc3ccc4c(c3)C(C)c3cc(OC(=O)c5ccc(OCOCC6(CC)COC6)c(F)c5)ccc3-4)cc2F)CCC1. The van der Waals surface area contributed by atoms with E-state index in [1.165, 1.54) is 30.7 Å². The summed E-state index contributed by atoms with van der Waals surface area (Å²) in [6, 6.07) is 18.5. The van der Waals surface area contributed by atoms with Crippen molar-refractivity contribution in [2.45, 2.75) is 58.8 Å². The van der Waals surface area contributed by atoms with Crippen LogP contribution in [-0.2, 0) is 14.2 Å². The number of fused-ring (bicyclic) bond motifs is 3. The molecule has 1 saturated carbocycles. The minimum atomic E-state index is -0.720. The van der Waals surface area contributed by atoms with Crippen LogP contribution in [0.4, 0.5) is 8.78 Å². The summed E-state index contributed by atoms with van der Waals surface area (Å²) in [6.07, 6.45) is 5.43. The van der Waals surface area contributed by atoms with Crippen LogP contribution in [0.15, 0.2) is 72.8 Å². The molecule has 1 aliphatic heterocycles. The molecule has 0 aromatic heterocycles. The summed E-state index contributed by atoms with van der Waals surface area (Å²) in [5, 5.41) is 0. The minimum absolute atomic E-state index is 0.00306. The highest BCUT2D eigenvalue weighted by Gasteiger charge is 2.37. The van der Waals surface area contributed by atoms with E-state index in [0.717, 1.165) is 60.1 Å². The molecule has 4 aromatic rings. The summed E-state index contributed by atoms with van der Waals surface area (Å²) < 4.78 is 68.4. The van der Waals surface area contributed by atoms with Crippen LogP contribution in [0.5, 0.6) is 23.0 Å². The van der Waals surface area contributed by atoms with Crippen molar-refractivity contribution in [3.63, 3.8) is 0 Å². The van der Waals surface area contributed by atoms with E-state index in [-0.39, 0.29) is 53.0 Å². The smallest absolute Gasteiger partial charge is 0.343 e. The molecule has 2 aliphatic carbocycles. The maximum Gasteiger partial charge on any atom is 0.343 e. The quantitative estimate of drug-likeness (QED) is 0.0482. The monoisotopic (exact) mass is 742 g/mol. The lowest BCUT2D eigenvalue weighted by atomic mass is 9.68. The maximum absolute atomic E-state index is 14.8. The standard InChI is InChI=1S/C43H44F2O9/c1-4-42(15-6-16-42)21-49-25-51-38-13-7-28(17-36(38)44)40(46)53-30-9-11-32-33-12-10-31(20-35(33)27(3)34(32)19-30)54-41(47)29-8-14-39(37(45)18-29)52-26-50-24-43(5-2)22-48-23-43/h7-14,17-20,27H,4-6,15-16,21-26H2,1-3H3. The Bertz CT molecular complexity index is 1870. The fourth-order valence-corrected chi connectivity index (χ4v) is 7.19. The molecular weight excluding hydrogens is 698 g/mol. The molecule has 1 saturated heterocycles. The number of ether oxygens (including phenoxy) is 7. The van der Waals surface area contributed by atoms with Gasteiger partial charge in [-0.25, -0.2) is 18.4 Å². The van der Waals surface area contributed by atoms with Crippen LogP contribution < -0.4 is 18.9 Å². The molecule has 7 rings (SSSR count). The highest BCUT2D eigenvalue weighted by molar-refractivity contribution is 5.92. The van der Waals surface area contributed by atoms with Crippen LogP contribution >= 0.6 is 0 Å². The molecule has 0 amide bonds. The Balaban J connectivity index is 0.926. The van der Waals surface area contributed by atoms with Gasteiger partial charge in [0.1, 0.15) is 11.5 Å². The third-order valence-corrected chi connectivity index (χ3v) is 11.2. The number of halogens is 2. The van der Waals surface area contributed by atoms with E-state index < -0.39 is 23.6 Å². The Kier molecular flexibility index (Phi) is 11.0. The first-order valence-corrected chi connectivity index (χ1v) is 18.4. The summed E-state index contributed by atoms with van der Waals surface area (Å²) in [7, 11) is 0. The van der Waals surface area contributed by atoms with Crippen molar-refractivity contribution >= 4 is 11.9 Å². The van der Waals surface area contributed by atoms with Gasteiger partial charge in [0, 0.05) is 11.3 Å². The molecule has 9 nitrogen and oxygen atoms in total. The molecule has 0 N–H and O–H groups in total. The Morgan fingerprint density at radius 1 is 0.685 bits per heavy atom. The van der Waals surface area contributed by atoms with Gasteiger partial charge in [0.2, 0.25) is 0 Å². The number of carbonyl (C=O) groups is 2. The highest BCUT2D eigenvalue weighted by Crippen LogP contribution is 2.47. The first kappa shape index (κ1) is 37.5. The van der Waals surface area contributed by atoms with Gasteiger partial charge in [-0.3, -0.25) is 0 Å². The average molecular weight is 743 g/mol. The lowest BCUT2D eigenvalue weighted by molar-refractivity contribution is -0.162. The lowest BCUT2D eigenvalue weighted by Crippen LogP contribution is -2.45. The van der Waals surface area contributed by atoms with Crippen LogP contribution in [0, 0.1) is 22.5 Å². The number of carbonyl (C=O) groups excluding carboxylic acids is 2. The Labute approximate surface area is 313 Å². The van der Waals surface area contributed by atoms with Crippen LogP contribution in [0.3, 0.4) is 0 Å². The van der Waals surface area contributed by atoms with Gasteiger partial charge >= 0.3 is 11.9 Å². The first-order valence-electron chi connectivity index (χ1n) is 18.4. The molecule has 3 aliphatic rings. The molecule has 54 heavy (non-hydrogen) atoms. The fraction of sp³-hybridized carbons (Fsp3) is 0.395. The van der Waals surface area contributed by atoms with Gasteiger partial charge in [-0.15, -0.1) is 0 Å². The molecule has 0 bridgehead atoms. The molecule has 11 heteroatoms. The van der Waals surface area contributed by atoms with Crippen LogP contribution in [0.1, 0.15) is 90.6 Å². The molecular formula is C43H44F2O9. The summed E-state index contributed by atoms with van der Waals surface area (Å²) in [5.74, 6) is -2.38. The molecule has 4 aromatic carbocycles. The average Bonchev–Trinajstić information content (AvgIpc) is 3.41. The van der Waals surface area contributed by atoms with E-state index in [1.54, 1.807) is 24.3 Å². The number of hydrogen-bond acceptors (Lipinski definition) is 9. The van der Waals surface area contributed by atoms with E-state index >= 15 is 0 Å². The molecule has 2 fully saturated rings. The summed E-state index contributed by atoms with van der Waals surface area (Å²) >= 11 is 0. The summed E-state index contributed by atoms with van der Waals surface area (Å²) in [4.78, 5) is 26.0. The third-order valence-electron chi connectivity index (χ3n) is 11.2. The Morgan fingerprint density at radius 3 is 1.56 bits per heavy atom. The fourth-order valence-electron chi connectivity index (χ4n) is 7.19. The predicted molar refractivity (Wildman–Crippen MR) is 195 cm³/mol. The van der Waals surface area contributed by atoms with E-state index in [4.69, 9.17) is 33.2 Å². The highest BCUT2D eigenvalue weighted by atomic mass is 19.1. The zero-order chi connectivity index (χ0) is 37.9. The van der Waals surface area contributed by atoms with Crippen molar-refractivity contribution in [2.24, 2.45) is 10.8 Å². The van der Waals surface area contributed by atoms with Crippen molar-refractivity contribution < 1.29 is 51.5 Å². The van der Waals surface area contributed by atoms with Gasteiger partial charge in [-0.2, -0.15) is 0 Å². The van der Waals surface area contributed by atoms with E-state index in [1.807, 2.05) is 19.1 Å². The van der Waals surface area contributed by atoms with Crippen molar-refractivity contribution in [3.05, 3.63) is 107 Å². The predicted octanol–water partition coefficient (Wildman–Crippen LogP) is 9.25. The largest absolute Gasteiger partial charge is 0.464 e.